The molecule has 5 nitrogen and oxygen atoms in total. The Hall–Kier alpha value is -1.21. The first kappa shape index (κ1) is 15.8. The zero-order valence-electron chi connectivity index (χ0n) is 10.6. The van der Waals surface area contributed by atoms with E-state index in [0.717, 1.165) is 5.75 Å². The smallest absolute Gasteiger partial charge is 0.335 e. The minimum absolute atomic E-state index is 0.122. The van der Waals surface area contributed by atoms with Gasteiger partial charge in [-0.25, -0.2) is 9.59 Å². The molecule has 0 saturated heterocycles. The van der Waals surface area contributed by atoms with E-state index in [1.165, 1.54) is 12.1 Å². The van der Waals surface area contributed by atoms with Crippen molar-refractivity contribution in [3.63, 3.8) is 0 Å². The number of urea groups is 1. The van der Waals surface area contributed by atoms with Crippen molar-refractivity contribution in [1.82, 2.24) is 4.90 Å². The topological polar surface area (TPSA) is 69.6 Å². The fraction of sp³-hybridized carbons (Fsp3) is 0.333. The van der Waals surface area contributed by atoms with Gasteiger partial charge < -0.3 is 15.3 Å². The number of halogens is 1. The van der Waals surface area contributed by atoms with Gasteiger partial charge in [0.15, 0.2) is 0 Å². The van der Waals surface area contributed by atoms with E-state index >= 15 is 0 Å². The molecular formula is C12H15BrN2O3S. The Labute approximate surface area is 124 Å². The number of carboxylic acid groups (broad SMARTS) is 1. The molecule has 0 aliphatic heterocycles. The number of carbonyl (C=O) groups is 2. The zero-order chi connectivity index (χ0) is 14.4. The number of thioether (sulfide) groups is 1. The number of rotatable bonds is 5. The van der Waals surface area contributed by atoms with Crippen LogP contribution in [0.25, 0.3) is 0 Å². The van der Waals surface area contributed by atoms with E-state index in [9.17, 15) is 9.59 Å². The van der Waals surface area contributed by atoms with Gasteiger partial charge in [-0.05, 0) is 24.5 Å². The van der Waals surface area contributed by atoms with Crippen molar-refractivity contribution in [2.45, 2.75) is 0 Å². The van der Waals surface area contributed by atoms with E-state index in [4.69, 9.17) is 5.11 Å². The van der Waals surface area contributed by atoms with Crippen molar-refractivity contribution in [2.75, 3.05) is 30.9 Å². The second-order valence-corrected chi connectivity index (χ2v) is 5.78. The summed E-state index contributed by atoms with van der Waals surface area (Å²) >= 11 is 4.87. The molecule has 0 bridgehead atoms. The lowest BCUT2D eigenvalue weighted by atomic mass is 10.2. The standard InChI is InChI=1S/C12H15BrN2O3S/c1-15(3-4-19-2)12(18)14-10-6-8(11(16)17)5-9(13)7-10/h5-7H,3-4H2,1-2H3,(H,14,18)(H,16,17). The molecule has 0 heterocycles. The van der Waals surface area contributed by atoms with Gasteiger partial charge >= 0.3 is 12.0 Å². The Morgan fingerprint density at radius 2 is 2.11 bits per heavy atom. The minimum atomic E-state index is -1.03. The van der Waals surface area contributed by atoms with Crippen molar-refractivity contribution >= 4 is 45.4 Å². The molecule has 104 valence electrons. The molecule has 0 aromatic heterocycles. The monoisotopic (exact) mass is 346 g/mol. The number of amides is 2. The van der Waals surface area contributed by atoms with Gasteiger partial charge in [0.25, 0.3) is 0 Å². The molecule has 2 amide bonds. The first-order valence-electron chi connectivity index (χ1n) is 5.49. The Morgan fingerprint density at radius 3 is 2.68 bits per heavy atom. The number of carbonyl (C=O) groups excluding carboxylic acids is 1. The molecule has 0 radical (unpaired) electrons. The Morgan fingerprint density at radius 1 is 1.42 bits per heavy atom. The van der Waals surface area contributed by atoms with Crippen molar-refractivity contribution in [2.24, 2.45) is 0 Å². The van der Waals surface area contributed by atoms with Crippen LogP contribution in [0.5, 0.6) is 0 Å². The quantitative estimate of drug-likeness (QED) is 0.859. The molecule has 0 saturated carbocycles. The molecule has 1 aromatic carbocycles. The molecular weight excluding hydrogens is 332 g/mol. The molecule has 1 aromatic rings. The van der Waals surface area contributed by atoms with Crippen LogP contribution >= 0.6 is 27.7 Å². The molecule has 0 atom stereocenters. The van der Waals surface area contributed by atoms with Crippen molar-refractivity contribution in [3.8, 4) is 0 Å². The van der Waals surface area contributed by atoms with Gasteiger partial charge in [-0.2, -0.15) is 11.8 Å². The fourth-order valence-corrected chi connectivity index (χ4v) is 2.28. The van der Waals surface area contributed by atoms with Gasteiger partial charge in [0.1, 0.15) is 0 Å². The van der Waals surface area contributed by atoms with Crippen LogP contribution in [0.2, 0.25) is 0 Å². The summed E-state index contributed by atoms with van der Waals surface area (Å²) in [4.78, 5) is 24.3. The maximum atomic E-state index is 11.9. The number of nitrogens with one attached hydrogen (secondary N) is 1. The Bertz CT molecular complexity index is 482. The van der Waals surface area contributed by atoms with Gasteiger partial charge in [-0.15, -0.1) is 0 Å². The number of nitrogens with zero attached hydrogens (tertiary/aromatic N) is 1. The zero-order valence-corrected chi connectivity index (χ0v) is 13.0. The average Bonchev–Trinajstić information content (AvgIpc) is 2.34. The lowest BCUT2D eigenvalue weighted by Gasteiger charge is -2.17. The van der Waals surface area contributed by atoms with Crippen LogP contribution in [0, 0.1) is 0 Å². The molecule has 0 fully saturated rings. The second-order valence-electron chi connectivity index (χ2n) is 3.88. The number of hydrogen-bond donors (Lipinski definition) is 2. The summed E-state index contributed by atoms with van der Waals surface area (Å²) in [6, 6.07) is 4.30. The summed E-state index contributed by atoms with van der Waals surface area (Å²) in [5, 5.41) is 11.6. The van der Waals surface area contributed by atoms with Gasteiger partial charge in [-0.1, -0.05) is 15.9 Å². The largest absolute Gasteiger partial charge is 0.478 e. The molecule has 0 aliphatic carbocycles. The number of aromatic carboxylic acids is 1. The molecule has 0 unspecified atom stereocenters. The van der Waals surface area contributed by atoms with Crippen molar-refractivity contribution in [1.29, 1.82) is 0 Å². The van der Waals surface area contributed by atoms with Gasteiger partial charge in [0.05, 0.1) is 5.56 Å². The molecule has 7 heteroatoms. The Kier molecular flexibility index (Phi) is 6.17. The predicted octanol–water partition coefficient (Wildman–Crippen LogP) is 2.97. The van der Waals surface area contributed by atoms with Crippen LogP contribution in [0.4, 0.5) is 10.5 Å². The van der Waals surface area contributed by atoms with Gasteiger partial charge in [0.2, 0.25) is 0 Å². The van der Waals surface area contributed by atoms with Crippen LogP contribution in [-0.4, -0.2) is 47.6 Å². The van der Waals surface area contributed by atoms with Crippen LogP contribution in [0.1, 0.15) is 10.4 Å². The summed E-state index contributed by atoms with van der Waals surface area (Å²) < 4.78 is 0.606. The highest BCUT2D eigenvalue weighted by Crippen LogP contribution is 2.20. The van der Waals surface area contributed by atoms with E-state index < -0.39 is 5.97 Å². The molecule has 2 N–H and O–H groups in total. The first-order chi connectivity index (χ1) is 8.93. The number of carboxylic acids is 1. The van der Waals surface area contributed by atoms with Crippen molar-refractivity contribution in [3.05, 3.63) is 28.2 Å². The summed E-state index contributed by atoms with van der Waals surface area (Å²) in [5.41, 5.74) is 0.573. The van der Waals surface area contributed by atoms with Crippen LogP contribution in [0.3, 0.4) is 0 Å². The first-order valence-corrected chi connectivity index (χ1v) is 7.67. The molecule has 0 aliphatic rings. The maximum absolute atomic E-state index is 11.9. The normalized spacial score (nSPS) is 10.1. The predicted molar refractivity (Wildman–Crippen MR) is 81.1 cm³/mol. The van der Waals surface area contributed by atoms with E-state index in [-0.39, 0.29) is 11.6 Å². The van der Waals surface area contributed by atoms with Gasteiger partial charge in [-0.3, -0.25) is 0 Å². The summed E-state index contributed by atoms with van der Waals surface area (Å²) in [6.45, 7) is 0.632. The highest BCUT2D eigenvalue weighted by molar-refractivity contribution is 9.10. The van der Waals surface area contributed by atoms with Crippen LogP contribution in [0.15, 0.2) is 22.7 Å². The van der Waals surface area contributed by atoms with Crippen molar-refractivity contribution < 1.29 is 14.7 Å². The van der Waals surface area contributed by atoms with E-state index in [2.05, 4.69) is 21.2 Å². The number of hydrogen-bond acceptors (Lipinski definition) is 3. The third kappa shape index (κ3) is 5.12. The number of benzene rings is 1. The summed E-state index contributed by atoms with van der Waals surface area (Å²) in [6.07, 6.45) is 1.97. The second kappa shape index (κ2) is 7.40. The third-order valence-corrected chi connectivity index (χ3v) is 3.42. The SMILES string of the molecule is CSCCN(C)C(=O)Nc1cc(Br)cc(C(=O)O)c1. The lowest BCUT2D eigenvalue weighted by Crippen LogP contribution is -2.33. The van der Waals surface area contributed by atoms with E-state index in [0.29, 0.717) is 16.7 Å². The van der Waals surface area contributed by atoms with E-state index in [1.54, 1.807) is 29.8 Å². The molecule has 0 spiro atoms. The average molecular weight is 347 g/mol. The minimum Gasteiger partial charge on any atom is -0.478 e. The van der Waals surface area contributed by atoms with E-state index in [1.807, 2.05) is 6.26 Å². The highest BCUT2D eigenvalue weighted by atomic mass is 79.9. The molecule has 19 heavy (non-hydrogen) atoms. The maximum Gasteiger partial charge on any atom is 0.335 e. The Balaban J connectivity index is 2.76. The van der Waals surface area contributed by atoms with Crippen LogP contribution in [-0.2, 0) is 0 Å². The summed E-state index contributed by atoms with van der Waals surface area (Å²) in [7, 11) is 1.70. The summed E-state index contributed by atoms with van der Waals surface area (Å²) in [5.74, 6) is -0.185. The fourth-order valence-electron chi connectivity index (χ4n) is 1.33. The lowest BCUT2D eigenvalue weighted by molar-refractivity contribution is 0.0697. The molecule has 1 rings (SSSR count). The highest BCUT2D eigenvalue weighted by Gasteiger charge is 2.11. The van der Waals surface area contributed by atoms with Crippen LogP contribution < -0.4 is 5.32 Å². The van der Waals surface area contributed by atoms with Gasteiger partial charge in [0, 0.05) is 29.5 Å². The third-order valence-electron chi connectivity index (χ3n) is 2.37. The number of anilines is 1.